The zero-order valence-corrected chi connectivity index (χ0v) is 22.7. The van der Waals surface area contributed by atoms with Crippen molar-refractivity contribution in [3.05, 3.63) is 84.4 Å². The van der Waals surface area contributed by atoms with Crippen molar-refractivity contribution in [2.75, 3.05) is 12.5 Å². The summed E-state index contributed by atoms with van der Waals surface area (Å²) in [4.78, 5) is 14.8. The normalized spacial score (nSPS) is 12.1. The molecule has 1 atom stereocenters. The summed E-state index contributed by atoms with van der Waals surface area (Å²) in [5, 5.41) is 2.73. The summed E-state index contributed by atoms with van der Waals surface area (Å²) in [5.74, 6) is -0.457. The summed E-state index contributed by atoms with van der Waals surface area (Å²) in [6.07, 6.45) is 3.25. The first-order valence-electron chi connectivity index (χ1n) is 11.1. The van der Waals surface area contributed by atoms with Gasteiger partial charge in [-0.2, -0.15) is 0 Å². The van der Waals surface area contributed by atoms with E-state index in [2.05, 4.69) is 5.32 Å². The van der Waals surface area contributed by atoms with E-state index in [-0.39, 0.29) is 12.5 Å². The minimum Gasteiger partial charge on any atom is -0.445 e. The number of nitrogens with one attached hydrogen (secondary N) is 1. The molecule has 6 nitrogen and oxygen atoms in total. The van der Waals surface area contributed by atoms with Gasteiger partial charge in [-0.25, -0.2) is 9.36 Å². The van der Waals surface area contributed by atoms with Crippen molar-refractivity contribution in [1.82, 2.24) is 5.32 Å². The lowest BCUT2D eigenvalue weighted by Crippen LogP contribution is -2.41. The molecule has 3 aromatic rings. The number of rotatable bonds is 11. The fourth-order valence-corrected chi connectivity index (χ4v) is 6.10. The average molecular weight is 532 g/mol. The Morgan fingerprint density at radius 2 is 1.31 bits per heavy atom. The third-order valence-corrected chi connectivity index (χ3v) is 8.86. The van der Waals surface area contributed by atoms with Crippen LogP contribution < -0.4 is 14.4 Å². The zero-order valence-electron chi connectivity index (χ0n) is 20.2. The third kappa shape index (κ3) is 7.99. The minimum absolute atomic E-state index is 0.0931. The van der Waals surface area contributed by atoms with Gasteiger partial charge >= 0.3 is 13.7 Å². The highest BCUT2D eigenvalue weighted by molar-refractivity contribution is 7.98. The van der Waals surface area contributed by atoms with Crippen molar-refractivity contribution in [2.45, 2.75) is 36.0 Å². The molecule has 0 aliphatic heterocycles. The molecule has 0 radical (unpaired) electrons. The lowest BCUT2D eigenvalue weighted by molar-refractivity contribution is 0.135. The highest BCUT2D eigenvalue weighted by atomic mass is 32.2. The molecule has 0 spiro atoms. The molecule has 0 saturated heterocycles. The summed E-state index contributed by atoms with van der Waals surface area (Å²) in [7, 11) is -3.95. The fourth-order valence-electron chi connectivity index (χ4n) is 3.20. The number of hydrogen-bond acceptors (Lipinski definition) is 7. The monoisotopic (exact) mass is 531 g/mol. The summed E-state index contributed by atoms with van der Waals surface area (Å²) < 4.78 is 31.7. The third-order valence-electron chi connectivity index (χ3n) is 5.03. The van der Waals surface area contributed by atoms with Crippen LogP contribution in [0.15, 0.2) is 88.7 Å². The smallest absolute Gasteiger partial charge is 0.445 e. The fraction of sp³-hybridized carbons (Fsp3) is 0.269. The Morgan fingerprint density at radius 1 is 0.829 bits per heavy atom. The number of amides is 1. The molecule has 3 aromatic carbocycles. The molecule has 0 aliphatic carbocycles. The Morgan fingerprint density at radius 3 is 1.74 bits per heavy atom. The SMILES string of the molecule is CSc1ccc(OP(=O)(Oc2ccc(SC)cc2)[C@H](NC(=O)OCc2ccccc2)C(C)C)cc1. The number of carbonyl (C=O) groups is 1. The van der Waals surface area contributed by atoms with Gasteiger partial charge in [-0.1, -0.05) is 44.2 Å². The predicted octanol–water partition coefficient (Wildman–Crippen LogP) is 7.69. The van der Waals surface area contributed by atoms with Gasteiger partial charge in [0.1, 0.15) is 18.1 Å². The van der Waals surface area contributed by atoms with E-state index < -0.39 is 19.5 Å². The largest absolute Gasteiger partial charge is 0.453 e. The molecule has 0 fully saturated rings. The number of ether oxygens (including phenoxy) is 1. The van der Waals surface area contributed by atoms with Gasteiger partial charge in [0.2, 0.25) is 0 Å². The van der Waals surface area contributed by atoms with Crippen molar-refractivity contribution in [3.8, 4) is 11.5 Å². The van der Waals surface area contributed by atoms with Crippen LogP contribution in [0, 0.1) is 5.92 Å². The molecule has 0 bridgehead atoms. The van der Waals surface area contributed by atoms with Crippen LogP contribution in [0.2, 0.25) is 0 Å². The minimum atomic E-state index is -3.95. The van der Waals surface area contributed by atoms with Crippen LogP contribution in [-0.2, 0) is 15.9 Å². The van der Waals surface area contributed by atoms with Gasteiger partial charge in [-0.05, 0) is 72.5 Å². The van der Waals surface area contributed by atoms with Crippen molar-refractivity contribution >= 4 is 37.2 Å². The lowest BCUT2D eigenvalue weighted by Gasteiger charge is -2.30. The molecule has 3 rings (SSSR count). The van der Waals surface area contributed by atoms with Crippen molar-refractivity contribution in [3.63, 3.8) is 0 Å². The van der Waals surface area contributed by atoms with Crippen LogP contribution in [-0.4, -0.2) is 24.4 Å². The maximum atomic E-state index is 14.3. The molecule has 0 saturated carbocycles. The number of thioether (sulfide) groups is 2. The van der Waals surface area contributed by atoms with Gasteiger partial charge in [0.15, 0.2) is 5.78 Å². The van der Waals surface area contributed by atoms with Gasteiger partial charge in [0.25, 0.3) is 0 Å². The average Bonchev–Trinajstić information content (AvgIpc) is 2.87. The Bertz CT molecular complexity index is 1070. The topological polar surface area (TPSA) is 73.9 Å². The van der Waals surface area contributed by atoms with E-state index >= 15 is 0 Å². The molecule has 0 heterocycles. The maximum absolute atomic E-state index is 14.3. The molecule has 9 heteroatoms. The van der Waals surface area contributed by atoms with E-state index in [1.807, 2.05) is 81.0 Å². The van der Waals surface area contributed by atoms with E-state index in [0.717, 1.165) is 15.4 Å². The van der Waals surface area contributed by atoms with Crippen LogP contribution in [0.5, 0.6) is 11.5 Å². The number of carbonyl (C=O) groups excluding carboxylic acids is 1. The molecular weight excluding hydrogens is 501 g/mol. The standard InChI is InChI=1S/C26H30NO5PS2/c1-19(2)25(27-26(28)30-18-20-8-6-5-7-9-20)33(29,31-21-10-14-23(34-3)15-11-21)32-22-12-16-24(35-4)17-13-22/h5-17,19,25H,18H2,1-4H3,(H,27,28)/t25-/m0/s1. The summed E-state index contributed by atoms with van der Waals surface area (Å²) >= 11 is 3.19. The lowest BCUT2D eigenvalue weighted by atomic mass is 10.2. The van der Waals surface area contributed by atoms with Gasteiger partial charge in [0.05, 0.1) is 0 Å². The summed E-state index contributed by atoms with van der Waals surface area (Å²) in [5.41, 5.74) is 0.849. The highest BCUT2D eigenvalue weighted by Crippen LogP contribution is 2.54. The van der Waals surface area contributed by atoms with Crippen molar-refractivity contribution < 1.29 is 23.1 Å². The molecule has 186 valence electrons. The highest BCUT2D eigenvalue weighted by Gasteiger charge is 2.43. The van der Waals surface area contributed by atoms with Crippen LogP contribution in [0.25, 0.3) is 0 Å². The predicted molar refractivity (Wildman–Crippen MR) is 144 cm³/mol. The van der Waals surface area contributed by atoms with E-state index in [1.165, 1.54) is 0 Å². The molecular formula is C26H30NO5PS2. The van der Waals surface area contributed by atoms with Gasteiger partial charge < -0.3 is 19.1 Å². The number of benzene rings is 3. The molecule has 0 aromatic heterocycles. The first kappa shape index (κ1) is 27.1. The van der Waals surface area contributed by atoms with E-state index in [0.29, 0.717) is 11.5 Å². The second-order valence-electron chi connectivity index (χ2n) is 7.97. The molecule has 0 aliphatic rings. The Hall–Kier alpha value is -2.54. The quantitative estimate of drug-likeness (QED) is 0.201. The van der Waals surface area contributed by atoms with Crippen LogP contribution in [0.1, 0.15) is 19.4 Å². The van der Waals surface area contributed by atoms with E-state index in [9.17, 15) is 9.36 Å². The molecule has 35 heavy (non-hydrogen) atoms. The van der Waals surface area contributed by atoms with Crippen molar-refractivity contribution in [1.29, 1.82) is 0 Å². The molecule has 1 N–H and O–H groups in total. The van der Waals surface area contributed by atoms with Crippen LogP contribution >= 0.6 is 31.1 Å². The van der Waals surface area contributed by atoms with Gasteiger partial charge in [-0.3, -0.25) is 0 Å². The van der Waals surface area contributed by atoms with E-state index in [1.54, 1.807) is 47.8 Å². The summed E-state index contributed by atoms with van der Waals surface area (Å²) in [6.45, 7) is 3.78. The Kier molecular flexibility index (Phi) is 10.0. The first-order chi connectivity index (χ1) is 16.8. The Labute approximate surface area is 215 Å². The number of hydrogen-bond donors (Lipinski definition) is 1. The molecule has 0 unspecified atom stereocenters. The van der Waals surface area contributed by atoms with Crippen LogP contribution in [0.3, 0.4) is 0 Å². The summed E-state index contributed by atoms with van der Waals surface area (Å²) in [6, 6.07) is 23.8. The molecule has 1 amide bonds. The Balaban J connectivity index is 1.84. The second kappa shape index (κ2) is 13.0. The van der Waals surface area contributed by atoms with Gasteiger partial charge in [0, 0.05) is 9.79 Å². The van der Waals surface area contributed by atoms with E-state index in [4.69, 9.17) is 13.8 Å². The first-order valence-corrected chi connectivity index (χ1v) is 15.1. The van der Waals surface area contributed by atoms with Crippen molar-refractivity contribution in [2.24, 2.45) is 5.92 Å². The second-order valence-corrected chi connectivity index (χ2v) is 11.7. The number of alkyl carbamates (subject to hydrolysis) is 1. The van der Waals surface area contributed by atoms with Gasteiger partial charge in [-0.15, -0.1) is 23.5 Å². The maximum Gasteiger partial charge on any atom is 0.453 e. The van der Waals surface area contributed by atoms with Crippen LogP contribution in [0.4, 0.5) is 4.79 Å². The zero-order chi connectivity index (χ0) is 25.3.